The molecule has 0 bridgehead atoms. The number of aryl methyl sites for hydroxylation is 1. The van der Waals surface area contributed by atoms with Gasteiger partial charge in [0.1, 0.15) is 6.17 Å². The number of nitrogens with one attached hydrogen (secondary N) is 1. The van der Waals surface area contributed by atoms with Crippen molar-refractivity contribution in [1.29, 1.82) is 0 Å². The first-order valence-electron chi connectivity index (χ1n) is 10.1. The Kier molecular flexibility index (Phi) is 5.37. The Bertz CT molecular complexity index is 1010. The molecule has 1 aromatic heterocycles. The average Bonchev–Trinajstić information content (AvgIpc) is 3.11. The third kappa shape index (κ3) is 3.77. The maximum absolute atomic E-state index is 13.8. The smallest absolute Gasteiger partial charge is 0.237 e. The summed E-state index contributed by atoms with van der Waals surface area (Å²) in [4.78, 5) is 14.7. The highest BCUT2D eigenvalue weighted by molar-refractivity contribution is 5.82. The second-order valence-electron chi connectivity index (χ2n) is 7.93. The highest BCUT2D eigenvalue weighted by Gasteiger charge is 2.30. The Morgan fingerprint density at radius 3 is 2.72 bits per heavy atom. The summed E-state index contributed by atoms with van der Waals surface area (Å²) in [6.07, 6.45) is 0.802. The Balaban J connectivity index is 1.71. The summed E-state index contributed by atoms with van der Waals surface area (Å²) < 4.78 is 15.6. The third-order valence-electron chi connectivity index (χ3n) is 5.90. The molecule has 1 fully saturated rings. The van der Waals surface area contributed by atoms with Crippen molar-refractivity contribution in [3.8, 4) is 0 Å². The standard InChI is InChI=1S/C23H27FN4O/c1-15-9-21-19(11-26-28(21)17(3)16(2)24)10-20(15)22-12-25-13-23(29)27(22)14-18-7-5-4-6-8-18/h4-11,16-17,22,25H,12-14H2,1-3H3/t16-,17?,22?/m1/s1. The van der Waals surface area contributed by atoms with E-state index in [1.54, 1.807) is 17.8 Å². The number of fused-ring (bicyclic) bond motifs is 1. The number of benzene rings is 2. The van der Waals surface area contributed by atoms with E-state index < -0.39 is 6.17 Å². The fraction of sp³-hybridized carbons (Fsp3) is 0.391. The van der Waals surface area contributed by atoms with Gasteiger partial charge in [-0.25, -0.2) is 4.39 Å². The number of carbonyl (C=O) groups is 1. The average molecular weight is 394 g/mol. The van der Waals surface area contributed by atoms with Crippen LogP contribution >= 0.6 is 0 Å². The van der Waals surface area contributed by atoms with Gasteiger partial charge in [0.15, 0.2) is 0 Å². The van der Waals surface area contributed by atoms with Crippen LogP contribution in [0.3, 0.4) is 0 Å². The normalized spacial score (nSPS) is 19.5. The summed E-state index contributed by atoms with van der Waals surface area (Å²) in [7, 11) is 0. The molecule has 152 valence electrons. The number of hydrogen-bond donors (Lipinski definition) is 1. The topological polar surface area (TPSA) is 50.2 Å². The van der Waals surface area contributed by atoms with Crippen LogP contribution in [0.1, 0.15) is 42.6 Å². The van der Waals surface area contributed by atoms with Gasteiger partial charge in [0.2, 0.25) is 5.91 Å². The fourth-order valence-corrected chi connectivity index (χ4v) is 4.05. The van der Waals surface area contributed by atoms with Crippen molar-refractivity contribution in [2.75, 3.05) is 13.1 Å². The molecule has 1 saturated heterocycles. The summed E-state index contributed by atoms with van der Waals surface area (Å²) >= 11 is 0. The van der Waals surface area contributed by atoms with Crippen LogP contribution in [0.15, 0.2) is 48.7 Å². The van der Waals surface area contributed by atoms with Gasteiger partial charge in [0, 0.05) is 18.5 Å². The lowest BCUT2D eigenvalue weighted by atomic mass is 9.96. The van der Waals surface area contributed by atoms with E-state index in [2.05, 4.69) is 29.5 Å². The van der Waals surface area contributed by atoms with E-state index in [0.717, 1.165) is 27.6 Å². The van der Waals surface area contributed by atoms with E-state index in [4.69, 9.17) is 0 Å². The molecular formula is C23H27FN4O. The molecule has 4 rings (SSSR count). The molecule has 3 atom stereocenters. The van der Waals surface area contributed by atoms with Crippen LogP contribution in [-0.2, 0) is 11.3 Å². The van der Waals surface area contributed by atoms with E-state index in [1.165, 1.54) is 0 Å². The summed E-state index contributed by atoms with van der Waals surface area (Å²) in [5.74, 6) is 0.0974. The minimum Gasteiger partial charge on any atom is -0.329 e. The lowest BCUT2D eigenvalue weighted by Crippen LogP contribution is -2.49. The number of amides is 1. The van der Waals surface area contributed by atoms with Crippen molar-refractivity contribution in [2.24, 2.45) is 0 Å². The maximum Gasteiger partial charge on any atom is 0.237 e. The fourth-order valence-electron chi connectivity index (χ4n) is 4.05. The monoisotopic (exact) mass is 394 g/mol. The summed E-state index contributed by atoms with van der Waals surface area (Å²) in [5, 5.41) is 8.65. The molecular weight excluding hydrogens is 367 g/mol. The van der Waals surface area contributed by atoms with Crippen LogP contribution in [0.25, 0.3) is 10.9 Å². The Morgan fingerprint density at radius 1 is 1.24 bits per heavy atom. The molecule has 1 N–H and O–H groups in total. The molecule has 2 unspecified atom stereocenters. The van der Waals surface area contributed by atoms with Gasteiger partial charge in [0.25, 0.3) is 0 Å². The van der Waals surface area contributed by atoms with Crippen molar-refractivity contribution in [2.45, 2.75) is 45.6 Å². The number of carbonyl (C=O) groups excluding carboxylic acids is 1. The van der Waals surface area contributed by atoms with Crippen LogP contribution in [0.2, 0.25) is 0 Å². The molecule has 5 nitrogen and oxygen atoms in total. The van der Waals surface area contributed by atoms with Crippen LogP contribution in [0.5, 0.6) is 0 Å². The minimum absolute atomic E-state index is 0.0540. The molecule has 1 aliphatic heterocycles. The molecule has 3 aromatic rings. The summed E-state index contributed by atoms with van der Waals surface area (Å²) in [6, 6.07) is 13.9. The Hall–Kier alpha value is -2.73. The zero-order chi connectivity index (χ0) is 20.5. The number of halogens is 1. The van der Waals surface area contributed by atoms with Gasteiger partial charge in [-0.15, -0.1) is 0 Å². The quantitative estimate of drug-likeness (QED) is 0.713. The van der Waals surface area contributed by atoms with E-state index >= 15 is 0 Å². The van der Waals surface area contributed by atoms with Gasteiger partial charge in [-0.3, -0.25) is 9.48 Å². The second kappa shape index (κ2) is 7.95. The molecule has 2 aromatic carbocycles. The molecule has 0 aliphatic carbocycles. The van der Waals surface area contributed by atoms with Crippen LogP contribution in [0, 0.1) is 6.92 Å². The van der Waals surface area contributed by atoms with E-state index in [-0.39, 0.29) is 18.0 Å². The number of piperazine rings is 1. The highest BCUT2D eigenvalue weighted by atomic mass is 19.1. The van der Waals surface area contributed by atoms with E-state index in [9.17, 15) is 9.18 Å². The van der Waals surface area contributed by atoms with Crippen molar-refractivity contribution in [1.82, 2.24) is 20.0 Å². The van der Waals surface area contributed by atoms with Gasteiger partial charge < -0.3 is 10.2 Å². The minimum atomic E-state index is -0.986. The molecule has 0 radical (unpaired) electrons. The Labute approximate surface area is 170 Å². The predicted octanol–water partition coefficient (Wildman–Crippen LogP) is 3.94. The van der Waals surface area contributed by atoms with E-state index in [0.29, 0.717) is 19.6 Å². The number of alkyl halides is 1. The van der Waals surface area contributed by atoms with Gasteiger partial charge in [-0.1, -0.05) is 30.3 Å². The molecule has 0 spiro atoms. The third-order valence-corrected chi connectivity index (χ3v) is 5.90. The van der Waals surface area contributed by atoms with Crippen molar-refractivity contribution >= 4 is 16.8 Å². The second-order valence-corrected chi connectivity index (χ2v) is 7.93. The first-order valence-corrected chi connectivity index (χ1v) is 10.1. The predicted molar refractivity (Wildman–Crippen MR) is 112 cm³/mol. The first-order chi connectivity index (χ1) is 14.0. The molecule has 0 saturated carbocycles. The SMILES string of the molecule is Cc1cc2c(cnn2C(C)[C@@H](C)F)cc1C1CNCC(=O)N1Cc1ccccc1. The van der Waals surface area contributed by atoms with Gasteiger partial charge >= 0.3 is 0 Å². The van der Waals surface area contributed by atoms with Gasteiger partial charge in [-0.2, -0.15) is 5.10 Å². The van der Waals surface area contributed by atoms with Crippen molar-refractivity contribution in [3.05, 3.63) is 65.4 Å². The first kappa shape index (κ1) is 19.6. The summed E-state index contributed by atoms with van der Waals surface area (Å²) in [6.45, 7) is 7.09. The zero-order valence-corrected chi connectivity index (χ0v) is 17.1. The number of nitrogens with zero attached hydrogens (tertiary/aromatic N) is 3. The lowest BCUT2D eigenvalue weighted by molar-refractivity contribution is -0.135. The number of aromatic nitrogens is 2. The zero-order valence-electron chi connectivity index (χ0n) is 17.1. The number of rotatable bonds is 5. The molecule has 29 heavy (non-hydrogen) atoms. The van der Waals surface area contributed by atoms with Gasteiger partial charge in [0.05, 0.1) is 30.3 Å². The Morgan fingerprint density at radius 2 is 2.00 bits per heavy atom. The van der Waals surface area contributed by atoms with E-state index in [1.807, 2.05) is 42.2 Å². The van der Waals surface area contributed by atoms with Crippen LogP contribution in [0.4, 0.5) is 4.39 Å². The summed E-state index contributed by atoms with van der Waals surface area (Å²) in [5.41, 5.74) is 4.23. The van der Waals surface area contributed by atoms with Crippen LogP contribution in [-0.4, -0.2) is 39.8 Å². The molecule has 1 aliphatic rings. The molecule has 2 heterocycles. The van der Waals surface area contributed by atoms with Gasteiger partial charge in [-0.05, 0) is 49.6 Å². The van der Waals surface area contributed by atoms with Crippen molar-refractivity contribution in [3.63, 3.8) is 0 Å². The highest BCUT2D eigenvalue weighted by Crippen LogP contribution is 2.32. The molecule has 6 heteroatoms. The van der Waals surface area contributed by atoms with Crippen molar-refractivity contribution < 1.29 is 9.18 Å². The molecule has 1 amide bonds. The maximum atomic E-state index is 13.8. The van der Waals surface area contributed by atoms with Crippen LogP contribution < -0.4 is 5.32 Å². The number of hydrogen-bond acceptors (Lipinski definition) is 3. The lowest BCUT2D eigenvalue weighted by Gasteiger charge is -2.37. The largest absolute Gasteiger partial charge is 0.329 e.